The van der Waals surface area contributed by atoms with Gasteiger partial charge in [0.05, 0.1) is 0 Å². The summed E-state index contributed by atoms with van der Waals surface area (Å²) in [4.78, 5) is 10.8. The molecule has 0 fully saturated rings. The van der Waals surface area contributed by atoms with Crippen LogP contribution in [0.1, 0.15) is 10.4 Å². The number of benzene rings is 2. The van der Waals surface area contributed by atoms with E-state index in [4.69, 9.17) is 11.6 Å². The minimum Gasteiger partial charge on any atom is -0.298 e. The second-order valence-corrected chi connectivity index (χ2v) is 4.03. The zero-order valence-electron chi connectivity index (χ0n) is 8.88. The van der Waals surface area contributed by atoms with Crippen LogP contribution in [0.25, 0.3) is 11.1 Å². The van der Waals surface area contributed by atoms with Crippen molar-refractivity contribution < 1.29 is 18.0 Å². The number of carbonyl (C=O) groups excluding carboxylic acids is 1. The summed E-state index contributed by atoms with van der Waals surface area (Å²) in [5, 5.41) is 0.230. The normalized spacial score (nSPS) is 10.4. The summed E-state index contributed by atoms with van der Waals surface area (Å²) in [5.41, 5.74) is -0.234. The van der Waals surface area contributed by atoms with Crippen molar-refractivity contribution in [2.45, 2.75) is 0 Å². The van der Waals surface area contributed by atoms with Gasteiger partial charge in [0.2, 0.25) is 0 Å². The van der Waals surface area contributed by atoms with Gasteiger partial charge in [-0.1, -0.05) is 11.6 Å². The first-order valence-electron chi connectivity index (χ1n) is 4.92. The Kier molecular flexibility index (Phi) is 3.39. The van der Waals surface area contributed by atoms with E-state index in [0.29, 0.717) is 6.29 Å². The van der Waals surface area contributed by atoms with Gasteiger partial charge in [0.15, 0.2) is 17.9 Å². The molecule has 2 rings (SSSR count). The van der Waals surface area contributed by atoms with Crippen LogP contribution in [0.5, 0.6) is 0 Å². The fraction of sp³-hybridized carbons (Fsp3) is 0. The third-order valence-corrected chi connectivity index (χ3v) is 2.67. The van der Waals surface area contributed by atoms with Gasteiger partial charge in [-0.25, -0.2) is 13.2 Å². The lowest BCUT2D eigenvalue weighted by atomic mass is 9.99. The van der Waals surface area contributed by atoms with E-state index >= 15 is 0 Å². The zero-order valence-corrected chi connectivity index (χ0v) is 9.64. The molecule has 0 aliphatic carbocycles. The van der Waals surface area contributed by atoms with E-state index in [0.717, 1.165) is 18.2 Å². The number of hydrogen-bond donors (Lipinski definition) is 0. The van der Waals surface area contributed by atoms with Gasteiger partial charge in [-0.15, -0.1) is 0 Å². The Morgan fingerprint density at radius 1 is 0.889 bits per heavy atom. The number of aldehydes is 1. The molecule has 0 saturated carbocycles. The minimum atomic E-state index is -1.16. The van der Waals surface area contributed by atoms with Crippen molar-refractivity contribution in [1.29, 1.82) is 0 Å². The Balaban J connectivity index is 2.73. The van der Waals surface area contributed by atoms with Crippen LogP contribution in [0.4, 0.5) is 13.2 Å². The van der Waals surface area contributed by atoms with Gasteiger partial charge >= 0.3 is 0 Å². The van der Waals surface area contributed by atoms with Crippen molar-refractivity contribution in [2.75, 3.05) is 0 Å². The summed E-state index contributed by atoms with van der Waals surface area (Å²) in [5.74, 6) is -2.99. The number of halogens is 4. The second kappa shape index (κ2) is 4.82. The molecule has 2 aromatic carbocycles. The lowest BCUT2D eigenvalue weighted by Gasteiger charge is -2.08. The number of hydrogen-bond acceptors (Lipinski definition) is 1. The summed E-state index contributed by atoms with van der Waals surface area (Å²) in [6.07, 6.45) is 0.332. The van der Waals surface area contributed by atoms with Crippen LogP contribution in [0.3, 0.4) is 0 Å². The molecule has 0 spiro atoms. The highest BCUT2D eigenvalue weighted by molar-refractivity contribution is 6.30. The Morgan fingerprint density at radius 3 is 2.22 bits per heavy atom. The monoisotopic (exact) mass is 270 g/mol. The van der Waals surface area contributed by atoms with Crippen LogP contribution < -0.4 is 0 Å². The molecule has 0 aliphatic rings. The fourth-order valence-corrected chi connectivity index (χ4v) is 1.77. The molecule has 0 aromatic heterocycles. The maximum Gasteiger partial charge on any atom is 0.159 e. The first-order chi connectivity index (χ1) is 8.52. The van der Waals surface area contributed by atoms with E-state index in [9.17, 15) is 18.0 Å². The summed E-state index contributed by atoms with van der Waals surface area (Å²) < 4.78 is 39.8. The average Bonchev–Trinajstić information content (AvgIpc) is 2.35. The molecule has 0 saturated heterocycles. The maximum absolute atomic E-state index is 13.6. The van der Waals surface area contributed by atoms with E-state index in [-0.39, 0.29) is 21.7 Å². The molecule has 5 heteroatoms. The molecule has 0 unspecified atom stereocenters. The smallest absolute Gasteiger partial charge is 0.159 e. The molecular formula is C13H6ClF3O. The minimum absolute atomic E-state index is 0.0381. The van der Waals surface area contributed by atoms with E-state index < -0.39 is 17.5 Å². The number of rotatable bonds is 2. The van der Waals surface area contributed by atoms with Crippen LogP contribution in [0.2, 0.25) is 5.02 Å². The molecule has 0 bridgehead atoms. The second-order valence-electron chi connectivity index (χ2n) is 3.60. The highest BCUT2D eigenvalue weighted by atomic mass is 35.5. The van der Waals surface area contributed by atoms with Crippen LogP contribution in [-0.2, 0) is 0 Å². The third kappa shape index (κ3) is 2.24. The first kappa shape index (κ1) is 12.6. The predicted molar refractivity (Wildman–Crippen MR) is 62.1 cm³/mol. The van der Waals surface area contributed by atoms with Crippen LogP contribution in [0.15, 0.2) is 30.3 Å². The van der Waals surface area contributed by atoms with Crippen LogP contribution in [0, 0.1) is 17.5 Å². The molecule has 0 N–H and O–H groups in total. The van der Waals surface area contributed by atoms with Gasteiger partial charge in [0.1, 0.15) is 5.82 Å². The molecule has 0 aliphatic heterocycles. The summed E-state index contributed by atoms with van der Waals surface area (Å²) in [6, 6.07) is 5.15. The van der Waals surface area contributed by atoms with Crippen molar-refractivity contribution in [3.05, 3.63) is 58.4 Å². The van der Waals surface area contributed by atoms with E-state index in [1.54, 1.807) is 0 Å². The SMILES string of the molecule is O=Cc1cc(F)c(F)cc1-c1cc(Cl)ccc1F. The van der Waals surface area contributed by atoms with Gasteiger partial charge in [0.25, 0.3) is 0 Å². The molecule has 18 heavy (non-hydrogen) atoms. The third-order valence-electron chi connectivity index (χ3n) is 2.44. The average molecular weight is 271 g/mol. The van der Waals surface area contributed by atoms with Gasteiger partial charge in [-0.05, 0) is 35.9 Å². The maximum atomic E-state index is 13.6. The zero-order chi connectivity index (χ0) is 13.3. The Hall–Kier alpha value is -1.81. The van der Waals surface area contributed by atoms with Gasteiger partial charge in [-0.2, -0.15) is 0 Å². The molecular weight excluding hydrogens is 265 g/mol. The van der Waals surface area contributed by atoms with E-state index in [1.807, 2.05) is 0 Å². The molecule has 92 valence electrons. The van der Waals surface area contributed by atoms with Crippen molar-refractivity contribution in [3.8, 4) is 11.1 Å². The highest BCUT2D eigenvalue weighted by Crippen LogP contribution is 2.29. The Morgan fingerprint density at radius 2 is 1.56 bits per heavy atom. The fourth-order valence-electron chi connectivity index (χ4n) is 1.60. The summed E-state index contributed by atoms with van der Waals surface area (Å²) in [7, 11) is 0. The lowest BCUT2D eigenvalue weighted by molar-refractivity contribution is 0.112. The quantitative estimate of drug-likeness (QED) is 0.746. The molecule has 1 nitrogen and oxygen atoms in total. The molecule has 0 amide bonds. The van der Waals surface area contributed by atoms with Gasteiger partial charge in [-0.3, -0.25) is 4.79 Å². The van der Waals surface area contributed by atoms with Crippen LogP contribution >= 0.6 is 11.6 Å². The molecule has 0 radical (unpaired) electrons. The lowest BCUT2D eigenvalue weighted by Crippen LogP contribution is -1.95. The standard InChI is InChI=1S/C13H6ClF3O/c14-8-1-2-11(15)10(4-8)9-5-13(17)12(16)3-7(9)6-18/h1-6H. The number of carbonyl (C=O) groups is 1. The predicted octanol–water partition coefficient (Wildman–Crippen LogP) is 4.24. The Labute approximate surface area is 106 Å². The molecule has 2 aromatic rings. The molecule has 0 heterocycles. The van der Waals surface area contributed by atoms with Gasteiger partial charge in [0, 0.05) is 16.1 Å². The van der Waals surface area contributed by atoms with Crippen molar-refractivity contribution in [3.63, 3.8) is 0 Å². The van der Waals surface area contributed by atoms with Crippen molar-refractivity contribution >= 4 is 17.9 Å². The Bertz CT molecular complexity index is 626. The molecule has 0 atom stereocenters. The van der Waals surface area contributed by atoms with E-state index in [2.05, 4.69) is 0 Å². The van der Waals surface area contributed by atoms with E-state index in [1.165, 1.54) is 12.1 Å². The summed E-state index contributed by atoms with van der Waals surface area (Å²) >= 11 is 5.71. The van der Waals surface area contributed by atoms with Crippen molar-refractivity contribution in [1.82, 2.24) is 0 Å². The highest BCUT2D eigenvalue weighted by Gasteiger charge is 2.14. The summed E-state index contributed by atoms with van der Waals surface area (Å²) in [6.45, 7) is 0. The topological polar surface area (TPSA) is 17.1 Å². The van der Waals surface area contributed by atoms with Gasteiger partial charge < -0.3 is 0 Å². The van der Waals surface area contributed by atoms with Crippen molar-refractivity contribution in [2.24, 2.45) is 0 Å². The largest absolute Gasteiger partial charge is 0.298 e. The van der Waals surface area contributed by atoms with Crippen LogP contribution in [-0.4, -0.2) is 6.29 Å². The first-order valence-corrected chi connectivity index (χ1v) is 5.30.